The van der Waals surface area contributed by atoms with Crippen LogP contribution in [0.25, 0.3) is 10.9 Å². The second-order valence-electron chi connectivity index (χ2n) is 4.72. The van der Waals surface area contributed by atoms with Gasteiger partial charge < -0.3 is 10.4 Å². The maximum Gasteiger partial charge on any atom is 0.224 e. The summed E-state index contributed by atoms with van der Waals surface area (Å²) in [6, 6.07) is 7.78. The molecule has 0 saturated heterocycles. The van der Waals surface area contributed by atoms with Gasteiger partial charge in [0.15, 0.2) is 0 Å². The number of aliphatic hydroxyl groups excluding tert-OH is 1. The number of nitrogens with one attached hydrogen (secondary N) is 1. The number of nitrogens with zero attached hydrogens (tertiary/aromatic N) is 2. The van der Waals surface area contributed by atoms with Gasteiger partial charge in [0.05, 0.1) is 5.52 Å². The Kier molecular flexibility index (Phi) is 4.93. The van der Waals surface area contributed by atoms with Crippen LogP contribution in [0, 0.1) is 5.92 Å². The average Bonchev–Trinajstić information content (AvgIpc) is 2.42. The highest BCUT2D eigenvalue weighted by Crippen LogP contribution is 2.21. The fourth-order valence-electron chi connectivity index (χ4n) is 1.93. The number of rotatable bonds is 6. The van der Waals surface area contributed by atoms with E-state index in [4.69, 9.17) is 16.7 Å². The van der Waals surface area contributed by atoms with Crippen LogP contribution < -0.4 is 5.32 Å². The van der Waals surface area contributed by atoms with Crippen molar-refractivity contribution >= 4 is 28.3 Å². The molecule has 0 aliphatic rings. The van der Waals surface area contributed by atoms with E-state index < -0.39 is 0 Å². The van der Waals surface area contributed by atoms with Crippen molar-refractivity contribution < 1.29 is 5.11 Å². The lowest BCUT2D eigenvalue weighted by molar-refractivity contribution is 0.229. The summed E-state index contributed by atoms with van der Waals surface area (Å²) < 4.78 is 0. The number of halogens is 1. The molecule has 5 heteroatoms. The molecule has 2 rings (SSSR count). The molecule has 0 spiro atoms. The Hall–Kier alpha value is -1.39. The van der Waals surface area contributed by atoms with E-state index in [2.05, 4.69) is 15.3 Å². The van der Waals surface area contributed by atoms with Crippen LogP contribution in [0.1, 0.15) is 19.8 Å². The third kappa shape index (κ3) is 3.78. The normalized spacial score (nSPS) is 12.6. The van der Waals surface area contributed by atoms with E-state index >= 15 is 0 Å². The van der Waals surface area contributed by atoms with Crippen molar-refractivity contribution in [1.29, 1.82) is 0 Å². The van der Waals surface area contributed by atoms with Gasteiger partial charge in [-0.15, -0.1) is 0 Å². The number of anilines is 1. The van der Waals surface area contributed by atoms with Crippen molar-refractivity contribution in [3.05, 3.63) is 29.5 Å². The van der Waals surface area contributed by atoms with Crippen LogP contribution in [0.15, 0.2) is 24.3 Å². The molecule has 0 aliphatic carbocycles. The second kappa shape index (κ2) is 6.68. The van der Waals surface area contributed by atoms with Gasteiger partial charge in [-0.1, -0.05) is 19.1 Å². The Morgan fingerprint density at radius 1 is 1.32 bits per heavy atom. The molecule has 0 radical (unpaired) electrons. The molecule has 1 aromatic carbocycles. The first-order valence-corrected chi connectivity index (χ1v) is 6.85. The van der Waals surface area contributed by atoms with E-state index in [1.54, 1.807) is 0 Å². The SMILES string of the molecule is CC(CO)CCCNc1nc(Cl)nc2ccccc12. The maximum atomic E-state index is 8.97. The molecule has 0 bridgehead atoms. The molecule has 1 aromatic heterocycles. The topological polar surface area (TPSA) is 58.0 Å². The largest absolute Gasteiger partial charge is 0.396 e. The highest BCUT2D eigenvalue weighted by Gasteiger charge is 2.06. The van der Waals surface area contributed by atoms with E-state index in [0.717, 1.165) is 36.1 Å². The molecule has 0 aliphatic heterocycles. The first-order valence-electron chi connectivity index (χ1n) is 6.47. The molecule has 4 nitrogen and oxygen atoms in total. The summed E-state index contributed by atoms with van der Waals surface area (Å²) in [6.45, 7) is 3.08. The Balaban J connectivity index is 2.04. The van der Waals surface area contributed by atoms with Gasteiger partial charge >= 0.3 is 0 Å². The minimum absolute atomic E-state index is 0.238. The predicted molar refractivity (Wildman–Crippen MR) is 78.5 cm³/mol. The van der Waals surface area contributed by atoms with Gasteiger partial charge in [-0.3, -0.25) is 0 Å². The summed E-state index contributed by atoms with van der Waals surface area (Å²) in [7, 11) is 0. The zero-order valence-electron chi connectivity index (χ0n) is 10.9. The quantitative estimate of drug-likeness (QED) is 0.630. The van der Waals surface area contributed by atoms with E-state index in [-0.39, 0.29) is 11.9 Å². The fraction of sp³-hybridized carbons (Fsp3) is 0.429. The van der Waals surface area contributed by atoms with Gasteiger partial charge in [0, 0.05) is 18.5 Å². The van der Waals surface area contributed by atoms with Gasteiger partial charge in [0.1, 0.15) is 5.82 Å². The van der Waals surface area contributed by atoms with Gasteiger partial charge in [-0.25, -0.2) is 9.97 Å². The van der Waals surface area contributed by atoms with Crippen molar-refractivity contribution in [2.24, 2.45) is 5.92 Å². The van der Waals surface area contributed by atoms with Crippen molar-refractivity contribution in [3.8, 4) is 0 Å². The zero-order valence-corrected chi connectivity index (χ0v) is 11.7. The zero-order chi connectivity index (χ0) is 13.7. The third-order valence-electron chi connectivity index (χ3n) is 3.05. The van der Waals surface area contributed by atoms with E-state index in [1.165, 1.54) is 0 Å². The molecular weight excluding hydrogens is 262 g/mol. The third-order valence-corrected chi connectivity index (χ3v) is 3.22. The minimum atomic E-state index is 0.238. The van der Waals surface area contributed by atoms with Crippen LogP contribution in [-0.4, -0.2) is 28.2 Å². The summed E-state index contributed by atoms with van der Waals surface area (Å²) in [4.78, 5) is 8.42. The van der Waals surface area contributed by atoms with E-state index in [1.807, 2.05) is 31.2 Å². The van der Waals surface area contributed by atoms with E-state index in [9.17, 15) is 0 Å². The van der Waals surface area contributed by atoms with Gasteiger partial charge in [0.2, 0.25) is 5.28 Å². The first-order chi connectivity index (χ1) is 9.20. The molecular formula is C14H18ClN3O. The predicted octanol–water partition coefficient (Wildman–Crippen LogP) is 3.10. The number of hydrogen-bond acceptors (Lipinski definition) is 4. The Morgan fingerprint density at radius 3 is 2.89 bits per heavy atom. The van der Waals surface area contributed by atoms with Gasteiger partial charge in [0.25, 0.3) is 0 Å². The summed E-state index contributed by atoms with van der Waals surface area (Å²) >= 11 is 5.91. The summed E-state index contributed by atoms with van der Waals surface area (Å²) in [5.74, 6) is 1.11. The summed E-state index contributed by atoms with van der Waals surface area (Å²) in [6.07, 6.45) is 1.97. The monoisotopic (exact) mass is 279 g/mol. The highest BCUT2D eigenvalue weighted by atomic mass is 35.5. The molecule has 2 aromatic rings. The molecule has 0 fully saturated rings. The number of benzene rings is 1. The lowest BCUT2D eigenvalue weighted by Crippen LogP contribution is -2.08. The van der Waals surface area contributed by atoms with Crippen LogP contribution in [0.5, 0.6) is 0 Å². The van der Waals surface area contributed by atoms with Crippen molar-refractivity contribution in [1.82, 2.24) is 9.97 Å². The van der Waals surface area contributed by atoms with Crippen LogP contribution in [-0.2, 0) is 0 Å². The molecule has 0 saturated carbocycles. The minimum Gasteiger partial charge on any atom is -0.396 e. The molecule has 1 atom stereocenters. The van der Waals surface area contributed by atoms with Crippen molar-refractivity contribution in [2.45, 2.75) is 19.8 Å². The summed E-state index contributed by atoms with van der Waals surface area (Å²) in [5.41, 5.74) is 0.841. The molecule has 102 valence electrons. The molecule has 19 heavy (non-hydrogen) atoms. The van der Waals surface area contributed by atoms with Crippen molar-refractivity contribution in [2.75, 3.05) is 18.5 Å². The lowest BCUT2D eigenvalue weighted by atomic mass is 10.1. The number of hydrogen-bond donors (Lipinski definition) is 2. The van der Waals surface area contributed by atoms with Crippen LogP contribution >= 0.6 is 11.6 Å². The average molecular weight is 280 g/mol. The highest BCUT2D eigenvalue weighted by molar-refractivity contribution is 6.28. The number of para-hydroxylation sites is 1. The maximum absolute atomic E-state index is 8.97. The smallest absolute Gasteiger partial charge is 0.224 e. The van der Waals surface area contributed by atoms with Crippen LogP contribution in [0.4, 0.5) is 5.82 Å². The number of fused-ring (bicyclic) bond motifs is 1. The Labute approximate surface area is 117 Å². The van der Waals surface area contributed by atoms with Crippen LogP contribution in [0.3, 0.4) is 0 Å². The van der Waals surface area contributed by atoms with Crippen molar-refractivity contribution in [3.63, 3.8) is 0 Å². The Bertz CT molecular complexity index is 547. The number of aliphatic hydroxyl groups is 1. The van der Waals surface area contributed by atoms with Crippen LogP contribution in [0.2, 0.25) is 5.28 Å². The Morgan fingerprint density at radius 2 is 2.11 bits per heavy atom. The molecule has 2 N–H and O–H groups in total. The van der Waals surface area contributed by atoms with Gasteiger partial charge in [-0.2, -0.15) is 0 Å². The fourth-order valence-corrected chi connectivity index (χ4v) is 2.11. The first kappa shape index (κ1) is 14.0. The van der Waals surface area contributed by atoms with Gasteiger partial charge in [-0.05, 0) is 42.5 Å². The lowest BCUT2D eigenvalue weighted by Gasteiger charge is -2.10. The molecule has 1 heterocycles. The van der Waals surface area contributed by atoms with E-state index in [0.29, 0.717) is 5.92 Å². The molecule has 0 amide bonds. The molecule has 1 unspecified atom stereocenters. The summed E-state index contributed by atoms with van der Waals surface area (Å²) in [5, 5.41) is 13.5. The second-order valence-corrected chi connectivity index (χ2v) is 5.05. The standard InChI is InChI=1S/C14H18ClN3O/c1-10(9-19)5-4-8-16-13-11-6-2-3-7-12(11)17-14(15)18-13/h2-3,6-7,10,19H,4-5,8-9H2,1H3,(H,16,17,18). The number of aromatic nitrogens is 2.